The van der Waals surface area contributed by atoms with E-state index in [2.05, 4.69) is 27.9 Å². The molecular formula is C22H17ClINO. The lowest BCUT2D eigenvalue weighted by atomic mass is 10.0. The van der Waals surface area contributed by atoms with Crippen LogP contribution in [0.3, 0.4) is 0 Å². The molecule has 26 heavy (non-hydrogen) atoms. The highest BCUT2D eigenvalue weighted by Gasteiger charge is 2.14. The van der Waals surface area contributed by atoms with Crippen LogP contribution in [0.2, 0.25) is 5.02 Å². The average molecular weight is 474 g/mol. The number of anilines is 1. The lowest BCUT2D eigenvalue weighted by molar-refractivity contribution is -0.111. The van der Waals surface area contributed by atoms with Crippen LogP contribution in [0.15, 0.2) is 72.8 Å². The van der Waals surface area contributed by atoms with Crippen molar-refractivity contribution in [2.24, 2.45) is 0 Å². The third kappa shape index (κ3) is 4.54. The number of hydrogen-bond acceptors (Lipinski definition) is 1. The maximum atomic E-state index is 13.0. The van der Waals surface area contributed by atoms with Crippen LogP contribution in [-0.2, 0) is 4.79 Å². The summed E-state index contributed by atoms with van der Waals surface area (Å²) in [5, 5.41) is 3.63. The zero-order valence-electron chi connectivity index (χ0n) is 14.2. The van der Waals surface area contributed by atoms with Crippen molar-refractivity contribution in [1.82, 2.24) is 0 Å². The molecule has 0 saturated heterocycles. The number of rotatable bonds is 4. The molecular weight excluding hydrogens is 457 g/mol. The Bertz CT molecular complexity index is 967. The number of carbonyl (C=O) groups excluding carboxylic acids is 1. The van der Waals surface area contributed by atoms with E-state index in [1.165, 1.54) is 0 Å². The third-order valence-corrected chi connectivity index (χ3v) is 4.99. The second-order valence-corrected chi connectivity index (χ2v) is 7.51. The summed E-state index contributed by atoms with van der Waals surface area (Å²) in [6.45, 7) is 1.98. The first kappa shape index (κ1) is 18.7. The number of benzene rings is 3. The minimum Gasteiger partial charge on any atom is -0.322 e. The first-order chi connectivity index (χ1) is 12.5. The molecule has 0 spiro atoms. The molecule has 3 aromatic carbocycles. The Morgan fingerprint density at radius 3 is 2.38 bits per heavy atom. The van der Waals surface area contributed by atoms with Crippen LogP contribution in [0.1, 0.15) is 16.7 Å². The average Bonchev–Trinajstić information content (AvgIpc) is 2.64. The smallest absolute Gasteiger partial charge is 0.256 e. The molecule has 3 aromatic rings. The standard InChI is InChI=1S/C22H17ClINO/c1-15-13-18(24)11-12-21(15)25-22(26)19(16-7-3-2-4-8-16)14-17-9-5-6-10-20(17)23/h2-14H,1H3,(H,25,26)/b19-14+. The van der Waals surface area contributed by atoms with Crippen LogP contribution in [0.4, 0.5) is 5.69 Å². The summed E-state index contributed by atoms with van der Waals surface area (Å²) in [6, 6.07) is 23.0. The number of hydrogen-bond donors (Lipinski definition) is 1. The number of nitrogens with one attached hydrogen (secondary N) is 1. The van der Waals surface area contributed by atoms with Crippen molar-refractivity contribution in [3.8, 4) is 0 Å². The van der Waals surface area contributed by atoms with Crippen LogP contribution in [0.25, 0.3) is 11.6 Å². The highest BCUT2D eigenvalue weighted by Crippen LogP contribution is 2.25. The summed E-state index contributed by atoms with van der Waals surface area (Å²) in [6.07, 6.45) is 1.83. The van der Waals surface area contributed by atoms with Gasteiger partial charge in [0.15, 0.2) is 0 Å². The zero-order chi connectivity index (χ0) is 18.5. The molecule has 0 fully saturated rings. The molecule has 0 saturated carbocycles. The third-order valence-electron chi connectivity index (χ3n) is 3.97. The molecule has 0 heterocycles. The molecule has 0 aliphatic carbocycles. The van der Waals surface area contributed by atoms with Gasteiger partial charge in [-0.15, -0.1) is 0 Å². The predicted molar refractivity (Wildman–Crippen MR) is 118 cm³/mol. The van der Waals surface area contributed by atoms with Crippen molar-refractivity contribution in [2.75, 3.05) is 5.32 Å². The van der Waals surface area contributed by atoms with Gasteiger partial charge in [-0.25, -0.2) is 0 Å². The van der Waals surface area contributed by atoms with Crippen LogP contribution in [-0.4, -0.2) is 5.91 Å². The van der Waals surface area contributed by atoms with Crippen molar-refractivity contribution < 1.29 is 4.79 Å². The summed E-state index contributed by atoms with van der Waals surface area (Å²) in [7, 11) is 0. The molecule has 1 N–H and O–H groups in total. The van der Waals surface area contributed by atoms with Gasteiger partial charge in [-0.05, 0) is 76.5 Å². The van der Waals surface area contributed by atoms with E-state index in [1.807, 2.05) is 85.8 Å². The Kier molecular flexibility index (Phi) is 6.12. The Labute approximate surface area is 172 Å². The monoisotopic (exact) mass is 473 g/mol. The molecule has 0 aliphatic heterocycles. The summed E-state index contributed by atoms with van der Waals surface area (Å²) in [5.41, 5.74) is 4.04. The van der Waals surface area contributed by atoms with E-state index in [0.717, 1.165) is 25.9 Å². The maximum Gasteiger partial charge on any atom is 0.256 e. The second kappa shape index (κ2) is 8.52. The molecule has 130 valence electrons. The van der Waals surface area contributed by atoms with E-state index in [1.54, 1.807) is 0 Å². The summed E-state index contributed by atoms with van der Waals surface area (Å²) in [5.74, 6) is -0.166. The highest BCUT2D eigenvalue weighted by molar-refractivity contribution is 14.1. The molecule has 0 aliphatic rings. The molecule has 1 amide bonds. The molecule has 3 rings (SSSR count). The normalized spacial score (nSPS) is 11.3. The molecule has 0 bridgehead atoms. The van der Waals surface area contributed by atoms with Gasteiger partial charge >= 0.3 is 0 Å². The van der Waals surface area contributed by atoms with Gasteiger partial charge in [-0.1, -0.05) is 60.1 Å². The first-order valence-electron chi connectivity index (χ1n) is 8.14. The topological polar surface area (TPSA) is 29.1 Å². The largest absolute Gasteiger partial charge is 0.322 e. The summed E-state index contributed by atoms with van der Waals surface area (Å²) in [4.78, 5) is 13.0. The summed E-state index contributed by atoms with van der Waals surface area (Å²) < 4.78 is 1.13. The minimum atomic E-state index is -0.166. The minimum absolute atomic E-state index is 0.166. The van der Waals surface area contributed by atoms with Gasteiger partial charge in [0, 0.05) is 19.9 Å². The van der Waals surface area contributed by atoms with Crippen LogP contribution >= 0.6 is 34.2 Å². The van der Waals surface area contributed by atoms with Crippen LogP contribution in [0, 0.1) is 10.5 Å². The Hall–Kier alpha value is -2.11. The number of carbonyl (C=O) groups is 1. The van der Waals surface area contributed by atoms with E-state index in [0.29, 0.717) is 10.6 Å². The predicted octanol–water partition coefficient (Wildman–Crippen LogP) is 6.43. The van der Waals surface area contributed by atoms with Gasteiger partial charge in [0.05, 0.1) is 0 Å². The summed E-state index contributed by atoms with van der Waals surface area (Å²) >= 11 is 8.54. The van der Waals surface area contributed by atoms with Gasteiger partial charge in [0.2, 0.25) is 0 Å². The molecule has 2 nitrogen and oxygen atoms in total. The van der Waals surface area contributed by atoms with Crippen LogP contribution < -0.4 is 5.32 Å². The van der Waals surface area contributed by atoms with E-state index in [9.17, 15) is 4.79 Å². The molecule has 0 unspecified atom stereocenters. The molecule has 0 radical (unpaired) electrons. The van der Waals surface area contributed by atoms with Crippen molar-refractivity contribution >= 4 is 57.4 Å². The van der Waals surface area contributed by atoms with Crippen molar-refractivity contribution in [1.29, 1.82) is 0 Å². The first-order valence-corrected chi connectivity index (χ1v) is 9.59. The van der Waals surface area contributed by atoms with Crippen molar-refractivity contribution in [3.05, 3.63) is 98.1 Å². The lowest BCUT2D eigenvalue weighted by Gasteiger charge is -2.12. The number of aryl methyl sites for hydroxylation is 1. The Morgan fingerprint density at radius 2 is 1.69 bits per heavy atom. The molecule has 4 heteroatoms. The zero-order valence-corrected chi connectivity index (χ0v) is 17.1. The molecule has 0 atom stereocenters. The van der Waals surface area contributed by atoms with E-state index in [-0.39, 0.29) is 5.91 Å². The fourth-order valence-corrected chi connectivity index (χ4v) is 3.44. The van der Waals surface area contributed by atoms with E-state index < -0.39 is 0 Å². The maximum absolute atomic E-state index is 13.0. The number of amides is 1. The van der Waals surface area contributed by atoms with Crippen molar-refractivity contribution in [3.63, 3.8) is 0 Å². The Balaban J connectivity index is 2.01. The van der Waals surface area contributed by atoms with E-state index in [4.69, 9.17) is 11.6 Å². The number of halogens is 2. The molecule has 0 aromatic heterocycles. The van der Waals surface area contributed by atoms with Gasteiger partial charge < -0.3 is 5.32 Å². The van der Waals surface area contributed by atoms with Gasteiger partial charge in [0.1, 0.15) is 0 Å². The van der Waals surface area contributed by atoms with E-state index >= 15 is 0 Å². The highest BCUT2D eigenvalue weighted by atomic mass is 127. The van der Waals surface area contributed by atoms with Crippen LogP contribution in [0.5, 0.6) is 0 Å². The van der Waals surface area contributed by atoms with Crippen molar-refractivity contribution in [2.45, 2.75) is 6.92 Å². The fraction of sp³-hybridized carbons (Fsp3) is 0.0455. The second-order valence-electron chi connectivity index (χ2n) is 5.86. The van der Waals surface area contributed by atoms with Gasteiger partial charge in [0.25, 0.3) is 5.91 Å². The quantitative estimate of drug-likeness (QED) is 0.264. The lowest BCUT2D eigenvalue weighted by Crippen LogP contribution is -2.14. The SMILES string of the molecule is Cc1cc(I)ccc1NC(=O)/C(=C/c1ccccc1Cl)c1ccccc1. The fourth-order valence-electron chi connectivity index (χ4n) is 2.60. The van der Waals surface area contributed by atoms with Gasteiger partial charge in [-0.3, -0.25) is 4.79 Å². The van der Waals surface area contributed by atoms with Gasteiger partial charge in [-0.2, -0.15) is 0 Å². The Morgan fingerprint density at radius 1 is 1.00 bits per heavy atom.